The van der Waals surface area contributed by atoms with E-state index in [0.717, 1.165) is 5.69 Å². The van der Waals surface area contributed by atoms with Gasteiger partial charge in [0.1, 0.15) is 0 Å². The molecular weight excluding hydrogens is 160 g/mol. The molecule has 0 saturated carbocycles. The van der Waals surface area contributed by atoms with Crippen molar-refractivity contribution in [1.29, 1.82) is 0 Å². The quantitative estimate of drug-likeness (QED) is 0.680. The molecular formula is C11H18N2. The number of hydrogen-bond donors (Lipinski definition) is 2. The Balaban J connectivity index is 3.13. The summed E-state index contributed by atoms with van der Waals surface area (Å²) in [5.74, 6) is 0.390. The molecule has 1 rings (SSSR count). The Kier molecular flexibility index (Phi) is 2.94. The van der Waals surface area contributed by atoms with E-state index in [1.165, 1.54) is 16.7 Å². The lowest BCUT2D eigenvalue weighted by Gasteiger charge is -2.13. The van der Waals surface area contributed by atoms with E-state index in [-0.39, 0.29) is 0 Å². The molecule has 0 amide bonds. The number of nitrogen functional groups attached to an aromatic ring is 1. The number of hydrogen-bond acceptors (Lipinski definition) is 2. The molecule has 2 nitrogen and oxygen atoms in total. The highest BCUT2D eigenvalue weighted by Crippen LogP contribution is 2.23. The summed E-state index contributed by atoms with van der Waals surface area (Å²) in [5, 5.41) is 0. The smallest absolute Gasteiger partial charge is 0.0349 e. The molecule has 4 N–H and O–H groups in total. The molecule has 1 aromatic rings. The second-order valence-corrected chi connectivity index (χ2v) is 3.69. The summed E-state index contributed by atoms with van der Waals surface area (Å²) in [5.41, 5.74) is 16.0. The van der Waals surface area contributed by atoms with Gasteiger partial charge < -0.3 is 11.5 Å². The zero-order chi connectivity index (χ0) is 10.0. The fraction of sp³-hybridized carbons (Fsp3) is 0.455. The van der Waals surface area contributed by atoms with Gasteiger partial charge in [-0.05, 0) is 49.1 Å². The highest BCUT2D eigenvalue weighted by molar-refractivity contribution is 5.53. The van der Waals surface area contributed by atoms with Crippen molar-refractivity contribution < 1.29 is 0 Å². The Morgan fingerprint density at radius 1 is 1.31 bits per heavy atom. The Morgan fingerprint density at radius 2 is 1.92 bits per heavy atom. The van der Waals surface area contributed by atoms with Crippen LogP contribution in [0, 0.1) is 13.8 Å². The minimum Gasteiger partial charge on any atom is -0.398 e. The van der Waals surface area contributed by atoms with Gasteiger partial charge >= 0.3 is 0 Å². The molecule has 1 unspecified atom stereocenters. The first kappa shape index (κ1) is 10.1. The van der Waals surface area contributed by atoms with E-state index in [4.69, 9.17) is 11.5 Å². The maximum atomic E-state index is 5.87. The van der Waals surface area contributed by atoms with Gasteiger partial charge in [-0.25, -0.2) is 0 Å². The topological polar surface area (TPSA) is 52.0 Å². The van der Waals surface area contributed by atoms with Gasteiger partial charge in [0.15, 0.2) is 0 Å². The van der Waals surface area contributed by atoms with Crippen molar-refractivity contribution in [3.63, 3.8) is 0 Å². The second kappa shape index (κ2) is 3.79. The van der Waals surface area contributed by atoms with Crippen LogP contribution >= 0.6 is 0 Å². The Labute approximate surface area is 79.9 Å². The van der Waals surface area contributed by atoms with E-state index in [9.17, 15) is 0 Å². The number of aryl methyl sites for hydroxylation is 1. The number of rotatable bonds is 2. The van der Waals surface area contributed by atoms with Crippen LogP contribution in [0.3, 0.4) is 0 Å². The van der Waals surface area contributed by atoms with Crippen LogP contribution in [-0.4, -0.2) is 6.54 Å². The lowest BCUT2D eigenvalue weighted by molar-refractivity contribution is 0.773. The molecule has 0 radical (unpaired) electrons. The summed E-state index contributed by atoms with van der Waals surface area (Å²) in [6, 6.07) is 4.20. The SMILES string of the molecule is Cc1cc(C(C)CN)cc(N)c1C. The van der Waals surface area contributed by atoms with Crippen LogP contribution in [0.1, 0.15) is 29.5 Å². The zero-order valence-corrected chi connectivity index (χ0v) is 8.59. The zero-order valence-electron chi connectivity index (χ0n) is 8.59. The molecule has 0 aliphatic rings. The summed E-state index contributed by atoms with van der Waals surface area (Å²) in [4.78, 5) is 0. The van der Waals surface area contributed by atoms with Crippen LogP contribution < -0.4 is 11.5 Å². The fourth-order valence-electron chi connectivity index (χ4n) is 1.34. The van der Waals surface area contributed by atoms with Gasteiger partial charge in [0, 0.05) is 5.69 Å². The Bertz CT molecular complexity index is 282. The number of benzene rings is 1. The van der Waals surface area contributed by atoms with Crippen molar-refractivity contribution in [3.8, 4) is 0 Å². The molecule has 1 aromatic carbocycles. The van der Waals surface area contributed by atoms with Crippen molar-refractivity contribution in [2.75, 3.05) is 12.3 Å². The first-order chi connectivity index (χ1) is 6.06. The highest BCUT2D eigenvalue weighted by atomic mass is 14.6. The van der Waals surface area contributed by atoms with E-state index in [1.54, 1.807) is 0 Å². The van der Waals surface area contributed by atoms with E-state index in [1.807, 2.05) is 13.0 Å². The molecule has 0 bridgehead atoms. The molecule has 0 aromatic heterocycles. The van der Waals surface area contributed by atoms with Gasteiger partial charge in [-0.15, -0.1) is 0 Å². The predicted molar refractivity (Wildman–Crippen MR) is 57.8 cm³/mol. The third kappa shape index (κ3) is 2.01. The maximum Gasteiger partial charge on any atom is 0.0349 e. The van der Waals surface area contributed by atoms with E-state index in [0.29, 0.717) is 12.5 Å². The Hall–Kier alpha value is -1.02. The first-order valence-corrected chi connectivity index (χ1v) is 4.63. The van der Waals surface area contributed by atoms with Crippen LogP contribution in [0.2, 0.25) is 0 Å². The summed E-state index contributed by atoms with van der Waals surface area (Å²) < 4.78 is 0. The third-order valence-corrected chi connectivity index (χ3v) is 2.65. The summed E-state index contributed by atoms with van der Waals surface area (Å²) in [7, 11) is 0. The average molecular weight is 178 g/mol. The van der Waals surface area contributed by atoms with Crippen LogP contribution in [0.4, 0.5) is 5.69 Å². The summed E-state index contributed by atoms with van der Waals surface area (Å²) >= 11 is 0. The molecule has 72 valence electrons. The normalized spacial score (nSPS) is 12.9. The van der Waals surface area contributed by atoms with Crippen LogP contribution in [0.5, 0.6) is 0 Å². The van der Waals surface area contributed by atoms with E-state index >= 15 is 0 Å². The monoisotopic (exact) mass is 178 g/mol. The number of anilines is 1. The highest BCUT2D eigenvalue weighted by Gasteiger charge is 2.06. The van der Waals surface area contributed by atoms with Crippen molar-refractivity contribution in [2.24, 2.45) is 5.73 Å². The molecule has 0 fully saturated rings. The summed E-state index contributed by atoms with van der Waals surface area (Å²) in [6.45, 7) is 6.91. The van der Waals surface area contributed by atoms with Crippen LogP contribution in [-0.2, 0) is 0 Å². The molecule has 0 aliphatic heterocycles. The third-order valence-electron chi connectivity index (χ3n) is 2.65. The predicted octanol–water partition coefficient (Wildman–Crippen LogP) is 1.95. The fourth-order valence-corrected chi connectivity index (χ4v) is 1.34. The minimum absolute atomic E-state index is 0.390. The largest absolute Gasteiger partial charge is 0.398 e. The van der Waals surface area contributed by atoms with Crippen molar-refractivity contribution in [1.82, 2.24) is 0 Å². The number of nitrogens with two attached hydrogens (primary N) is 2. The van der Waals surface area contributed by atoms with E-state index < -0.39 is 0 Å². The maximum absolute atomic E-state index is 5.87. The van der Waals surface area contributed by atoms with Gasteiger partial charge in [-0.2, -0.15) is 0 Å². The molecule has 0 saturated heterocycles. The van der Waals surface area contributed by atoms with Gasteiger partial charge in [0.2, 0.25) is 0 Å². The lowest BCUT2D eigenvalue weighted by atomic mass is 9.96. The van der Waals surface area contributed by atoms with Gasteiger partial charge in [0.25, 0.3) is 0 Å². The van der Waals surface area contributed by atoms with Crippen LogP contribution in [0.25, 0.3) is 0 Å². The molecule has 1 atom stereocenters. The molecule has 0 aliphatic carbocycles. The Morgan fingerprint density at radius 3 is 2.38 bits per heavy atom. The molecule has 2 heteroatoms. The minimum atomic E-state index is 0.390. The first-order valence-electron chi connectivity index (χ1n) is 4.63. The lowest BCUT2D eigenvalue weighted by Crippen LogP contribution is -2.09. The van der Waals surface area contributed by atoms with Gasteiger partial charge in [-0.3, -0.25) is 0 Å². The standard InChI is InChI=1S/C11H18N2/c1-7-4-10(8(2)6-12)5-11(13)9(7)3/h4-5,8H,6,12-13H2,1-3H3. The van der Waals surface area contributed by atoms with Crippen molar-refractivity contribution in [2.45, 2.75) is 26.7 Å². The average Bonchev–Trinajstić information content (AvgIpc) is 2.12. The molecule has 0 heterocycles. The second-order valence-electron chi connectivity index (χ2n) is 3.69. The van der Waals surface area contributed by atoms with Gasteiger partial charge in [-0.1, -0.05) is 13.0 Å². The van der Waals surface area contributed by atoms with Crippen molar-refractivity contribution in [3.05, 3.63) is 28.8 Å². The van der Waals surface area contributed by atoms with Crippen LogP contribution in [0.15, 0.2) is 12.1 Å². The van der Waals surface area contributed by atoms with E-state index in [2.05, 4.69) is 19.9 Å². The summed E-state index contributed by atoms with van der Waals surface area (Å²) in [6.07, 6.45) is 0. The van der Waals surface area contributed by atoms with Crippen molar-refractivity contribution >= 4 is 5.69 Å². The molecule has 13 heavy (non-hydrogen) atoms. The molecule has 0 spiro atoms. The van der Waals surface area contributed by atoms with Gasteiger partial charge in [0.05, 0.1) is 0 Å².